The van der Waals surface area contributed by atoms with Gasteiger partial charge in [-0.25, -0.2) is 4.98 Å². The van der Waals surface area contributed by atoms with Gasteiger partial charge in [0.1, 0.15) is 5.82 Å². The monoisotopic (exact) mass is 283 g/mol. The third-order valence-corrected chi connectivity index (χ3v) is 3.82. The number of anilines is 1. The maximum atomic E-state index is 9.50. The molecular weight excluding hydrogens is 262 g/mol. The van der Waals surface area contributed by atoms with Crippen molar-refractivity contribution in [3.63, 3.8) is 0 Å². The van der Waals surface area contributed by atoms with Crippen LogP contribution in [0.3, 0.4) is 0 Å². The van der Waals surface area contributed by atoms with Gasteiger partial charge < -0.3 is 14.7 Å². The summed E-state index contributed by atoms with van der Waals surface area (Å²) in [6, 6.07) is 2.03. The first-order valence-corrected chi connectivity index (χ1v) is 7.94. The highest BCUT2D eigenvalue weighted by atomic mass is 32.2. The summed E-state index contributed by atoms with van der Waals surface area (Å²) in [6.45, 7) is 3.63. The van der Waals surface area contributed by atoms with Gasteiger partial charge in [-0.15, -0.1) is 0 Å². The second kappa shape index (κ2) is 6.96. The lowest BCUT2D eigenvalue weighted by Crippen LogP contribution is -2.42. The summed E-state index contributed by atoms with van der Waals surface area (Å²) in [7, 11) is 0. The van der Waals surface area contributed by atoms with Gasteiger partial charge in [-0.3, -0.25) is 0 Å². The second-order valence-corrected chi connectivity index (χ2v) is 5.28. The van der Waals surface area contributed by atoms with Crippen molar-refractivity contribution in [2.75, 3.05) is 30.9 Å². The Balaban J connectivity index is 2.28. The standard InChI is InChI=1S/C13H21N3O2S/c1-3-18-12-8-11(14-13(15-12)19-2)16-7-5-4-6-10(16)9-17/h8,10,17H,3-7,9H2,1-2H3/t10-/m0/s1. The topological polar surface area (TPSA) is 58.5 Å². The molecule has 2 heterocycles. The Bertz CT molecular complexity index is 417. The highest BCUT2D eigenvalue weighted by molar-refractivity contribution is 7.98. The maximum Gasteiger partial charge on any atom is 0.219 e. The predicted octanol–water partition coefficient (Wildman–Crippen LogP) is 1.95. The van der Waals surface area contributed by atoms with Crippen LogP contribution in [0.2, 0.25) is 0 Å². The quantitative estimate of drug-likeness (QED) is 0.658. The minimum atomic E-state index is 0.160. The third-order valence-electron chi connectivity index (χ3n) is 3.28. The SMILES string of the molecule is CCOc1cc(N2CCCC[C@H]2CO)nc(SC)n1. The minimum Gasteiger partial charge on any atom is -0.478 e. The van der Waals surface area contributed by atoms with E-state index >= 15 is 0 Å². The van der Waals surface area contributed by atoms with Gasteiger partial charge in [-0.2, -0.15) is 4.98 Å². The smallest absolute Gasteiger partial charge is 0.219 e. The number of hydrogen-bond acceptors (Lipinski definition) is 6. The number of hydrogen-bond donors (Lipinski definition) is 1. The molecule has 5 nitrogen and oxygen atoms in total. The number of rotatable bonds is 5. The number of aliphatic hydroxyl groups is 1. The van der Waals surface area contributed by atoms with Gasteiger partial charge in [0.05, 0.1) is 19.3 Å². The first kappa shape index (κ1) is 14.4. The molecule has 106 valence electrons. The van der Waals surface area contributed by atoms with E-state index in [0.717, 1.165) is 25.2 Å². The van der Waals surface area contributed by atoms with Crippen LogP contribution in [0.15, 0.2) is 11.2 Å². The predicted molar refractivity (Wildman–Crippen MR) is 77.1 cm³/mol. The zero-order valence-corrected chi connectivity index (χ0v) is 12.3. The Labute approximate surface area is 118 Å². The lowest BCUT2D eigenvalue weighted by Gasteiger charge is -2.35. The Hall–Kier alpha value is -1.01. The van der Waals surface area contributed by atoms with Crippen molar-refractivity contribution in [1.29, 1.82) is 0 Å². The van der Waals surface area contributed by atoms with E-state index in [1.165, 1.54) is 18.2 Å². The molecule has 0 aliphatic carbocycles. The summed E-state index contributed by atoms with van der Waals surface area (Å²) in [5.74, 6) is 1.47. The summed E-state index contributed by atoms with van der Waals surface area (Å²) >= 11 is 1.50. The molecule has 2 rings (SSSR count). The van der Waals surface area contributed by atoms with Crippen molar-refractivity contribution in [2.24, 2.45) is 0 Å². The highest BCUT2D eigenvalue weighted by Crippen LogP contribution is 2.27. The van der Waals surface area contributed by atoms with Crippen LogP contribution < -0.4 is 9.64 Å². The van der Waals surface area contributed by atoms with Crippen molar-refractivity contribution in [3.05, 3.63) is 6.07 Å². The number of piperidine rings is 1. The van der Waals surface area contributed by atoms with E-state index in [-0.39, 0.29) is 12.6 Å². The van der Waals surface area contributed by atoms with Crippen LogP contribution in [-0.2, 0) is 0 Å². The van der Waals surface area contributed by atoms with E-state index in [1.54, 1.807) is 0 Å². The Morgan fingerprint density at radius 3 is 3.00 bits per heavy atom. The molecule has 0 radical (unpaired) electrons. The van der Waals surface area contributed by atoms with E-state index in [9.17, 15) is 5.11 Å². The summed E-state index contributed by atoms with van der Waals surface area (Å²) in [5.41, 5.74) is 0. The van der Waals surface area contributed by atoms with Crippen LogP contribution in [0.1, 0.15) is 26.2 Å². The average molecular weight is 283 g/mol. The number of nitrogens with zero attached hydrogens (tertiary/aromatic N) is 3. The molecule has 0 amide bonds. The lowest BCUT2D eigenvalue weighted by molar-refractivity contribution is 0.239. The fourth-order valence-electron chi connectivity index (χ4n) is 2.34. The first-order chi connectivity index (χ1) is 9.28. The zero-order chi connectivity index (χ0) is 13.7. The van der Waals surface area contributed by atoms with Crippen LogP contribution in [0.4, 0.5) is 5.82 Å². The molecule has 19 heavy (non-hydrogen) atoms. The van der Waals surface area contributed by atoms with Crippen LogP contribution in [0, 0.1) is 0 Å². The Morgan fingerprint density at radius 2 is 2.32 bits per heavy atom. The lowest BCUT2D eigenvalue weighted by atomic mass is 10.0. The summed E-state index contributed by atoms with van der Waals surface area (Å²) in [4.78, 5) is 11.0. The number of ether oxygens (including phenoxy) is 1. The molecule has 1 aliphatic heterocycles. The molecule has 6 heteroatoms. The van der Waals surface area contributed by atoms with Crippen LogP contribution in [0.5, 0.6) is 5.88 Å². The van der Waals surface area contributed by atoms with E-state index < -0.39 is 0 Å². The van der Waals surface area contributed by atoms with Crippen molar-refractivity contribution >= 4 is 17.6 Å². The van der Waals surface area contributed by atoms with Crippen molar-refractivity contribution in [1.82, 2.24) is 9.97 Å². The van der Waals surface area contributed by atoms with Crippen LogP contribution in [0.25, 0.3) is 0 Å². The second-order valence-electron chi connectivity index (χ2n) is 4.51. The first-order valence-electron chi connectivity index (χ1n) is 6.71. The maximum absolute atomic E-state index is 9.50. The van der Waals surface area contributed by atoms with Gasteiger partial charge in [0.2, 0.25) is 5.88 Å². The summed E-state index contributed by atoms with van der Waals surface area (Å²) < 4.78 is 5.50. The van der Waals surface area contributed by atoms with Crippen LogP contribution in [-0.4, -0.2) is 47.1 Å². The Morgan fingerprint density at radius 1 is 1.47 bits per heavy atom. The fraction of sp³-hybridized carbons (Fsp3) is 0.692. The Kier molecular flexibility index (Phi) is 5.27. The largest absolute Gasteiger partial charge is 0.478 e. The van der Waals surface area contributed by atoms with E-state index in [2.05, 4.69) is 14.9 Å². The molecule has 1 aromatic heterocycles. The average Bonchev–Trinajstić information content (AvgIpc) is 2.47. The molecule has 1 saturated heterocycles. The normalized spacial score (nSPS) is 19.5. The van der Waals surface area contributed by atoms with Crippen molar-refractivity contribution < 1.29 is 9.84 Å². The molecule has 1 aliphatic rings. The van der Waals surface area contributed by atoms with Gasteiger partial charge in [-0.1, -0.05) is 11.8 Å². The van der Waals surface area contributed by atoms with E-state index in [4.69, 9.17) is 4.74 Å². The van der Waals surface area contributed by atoms with Crippen molar-refractivity contribution in [3.8, 4) is 5.88 Å². The van der Waals surface area contributed by atoms with Gasteiger partial charge in [-0.05, 0) is 32.4 Å². The minimum absolute atomic E-state index is 0.160. The van der Waals surface area contributed by atoms with Crippen molar-refractivity contribution in [2.45, 2.75) is 37.4 Å². The van der Waals surface area contributed by atoms with Gasteiger partial charge in [0.25, 0.3) is 0 Å². The number of aromatic nitrogens is 2. The van der Waals surface area contributed by atoms with E-state index in [1.807, 2.05) is 19.2 Å². The molecule has 1 fully saturated rings. The van der Waals surface area contributed by atoms with Gasteiger partial charge >= 0.3 is 0 Å². The van der Waals surface area contributed by atoms with Gasteiger partial charge in [0, 0.05) is 12.6 Å². The third kappa shape index (κ3) is 3.51. The fourth-order valence-corrected chi connectivity index (χ4v) is 2.71. The molecule has 0 saturated carbocycles. The molecule has 0 aromatic carbocycles. The molecular formula is C13H21N3O2S. The molecule has 0 bridgehead atoms. The molecule has 0 spiro atoms. The summed E-state index contributed by atoms with van der Waals surface area (Å²) in [5, 5.41) is 10.2. The highest BCUT2D eigenvalue weighted by Gasteiger charge is 2.24. The van der Waals surface area contributed by atoms with E-state index in [0.29, 0.717) is 17.6 Å². The molecule has 1 aromatic rings. The van der Waals surface area contributed by atoms with Gasteiger partial charge in [0.15, 0.2) is 5.16 Å². The van der Waals surface area contributed by atoms with Crippen LogP contribution >= 0.6 is 11.8 Å². The summed E-state index contributed by atoms with van der Waals surface area (Å²) in [6.07, 6.45) is 5.27. The molecule has 0 unspecified atom stereocenters. The number of aliphatic hydroxyl groups excluding tert-OH is 1. The zero-order valence-electron chi connectivity index (χ0n) is 11.5. The number of thioether (sulfide) groups is 1. The molecule has 1 N–H and O–H groups in total. The molecule has 1 atom stereocenters.